The number of carbonyl (C=O) groups is 1. The van der Waals surface area contributed by atoms with Gasteiger partial charge in [-0.15, -0.1) is 0 Å². The fourth-order valence-corrected chi connectivity index (χ4v) is 3.28. The number of amides is 1. The van der Waals surface area contributed by atoms with E-state index in [1.807, 2.05) is 30.3 Å². The first-order valence-corrected chi connectivity index (χ1v) is 9.96. The second-order valence-corrected chi connectivity index (χ2v) is 7.19. The minimum Gasteiger partial charge on any atom is -0.496 e. The molecule has 158 valence electrons. The Morgan fingerprint density at radius 2 is 2.03 bits per heavy atom. The van der Waals surface area contributed by atoms with Gasteiger partial charge >= 0.3 is 0 Å². The second kappa shape index (κ2) is 11.8. The van der Waals surface area contributed by atoms with Gasteiger partial charge in [0, 0.05) is 30.2 Å². The van der Waals surface area contributed by atoms with Crippen molar-refractivity contribution in [1.29, 1.82) is 0 Å². The van der Waals surface area contributed by atoms with Crippen LogP contribution >= 0.6 is 11.6 Å². The van der Waals surface area contributed by atoms with Crippen LogP contribution in [0.5, 0.6) is 5.75 Å². The fraction of sp³-hybridized carbons (Fsp3) is 0.409. The summed E-state index contributed by atoms with van der Waals surface area (Å²) in [5.74, 6) is 0.536. The summed E-state index contributed by atoms with van der Waals surface area (Å²) >= 11 is 6.10. The fourth-order valence-electron chi connectivity index (χ4n) is 3.08. The molecule has 0 bridgehead atoms. The number of rotatable bonds is 11. The quantitative estimate of drug-likeness (QED) is 0.520. The van der Waals surface area contributed by atoms with E-state index >= 15 is 0 Å². The van der Waals surface area contributed by atoms with Crippen molar-refractivity contribution in [3.8, 4) is 5.75 Å². The third-order valence-corrected chi connectivity index (χ3v) is 4.82. The molecule has 2 unspecified atom stereocenters. The SMILES string of the molecule is CNC(=O)c1ccc(CC(C)NCC(OCCO)c2cccc(Cl)c2)c(OC)c1. The van der Waals surface area contributed by atoms with Crippen molar-refractivity contribution in [2.24, 2.45) is 0 Å². The van der Waals surface area contributed by atoms with Crippen LogP contribution in [0.3, 0.4) is 0 Å². The molecule has 0 fully saturated rings. The summed E-state index contributed by atoms with van der Waals surface area (Å²) in [6.45, 7) is 2.86. The average Bonchev–Trinajstić information content (AvgIpc) is 2.73. The van der Waals surface area contributed by atoms with E-state index in [0.717, 1.165) is 17.5 Å². The molecule has 3 N–H and O–H groups in total. The first-order valence-electron chi connectivity index (χ1n) is 9.58. The Labute approximate surface area is 177 Å². The molecule has 0 aliphatic heterocycles. The predicted molar refractivity (Wildman–Crippen MR) is 115 cm³/mol. The number of hydrogen-bond acceptors (Lipinski definition) is 5. The highest BCUT2D eigenvalue weighted by atomic mass is 35.5. The number of methoxy groups -OCH3 is 1. The molecule has 29 heavy (non-hydrogen) atoms. The van der Waals surface area contributed by atoms with Gasteiger partial charge in [-0.25, -0.2) is 0 Å². The highest BCUT2D eigenvalue weighted by Gasteiger charge is 2.16. The molecular weight excluding hydrogens is 392 g/mol. The Bertz CT molecular complexity index is 800. The van der Waals surface area contributed by atoms with Crippen LogP contribution < -0.4 is 15.4 Å². The first-order chi connectivity index (χ1) is 14.0. The molecule has 6 nitrogen and oxygen atoms in total. The summed E-state index contributed by atoms with van der Waals surface area (Å²) < 4.78 is 11.3. The van der Waals surface area contributed by atoms with E-state index < -0.39 is 0 Å². The highest BCUT2D eigenvalue weighted by Crippen LogP contribution is 2.23. The zero-order valence-corrected chi connectivity index (χ0v) is 17.8. The van der Waals surface area contributed by atoms with E-state index in [0.29, 0.717) is 22.9 Å². The first kappa shape index (κ1) is 23.2. The standard InChI is InChI=1S/C22H29ClN2O4/c1-15(11-17-7-8-18(22(27)24-2)13-20(17)28-3)25-14-21(29-10-9-26)16-5-4-6-19(23)12-16/h4-8,12-13,15,21,25-26H,9-11,14H2,1-3H3,(H,24,27). The van der Waals surface area contributed by atoms with E-state index in [4.69, 9.17) is 26.2 Å². The van der Waals surface area contributed by atoms with Gasteiger partial charge in [0.2, 0.25) is 0 Å². The van der Waals surface area contributed by atoms with Gasteiger partial charge in [-0.05, 0) is 48.7 Å². The molecular formula is C22H29ClN2O4. The van der Waals surface area contributed by atoms with Crippen molar-refractivity contribution >= 4 is 17.5 Å². The zero-order valence-electron chi connectivity index (χ0n) is 17.1. The number of benzene rings is 2. The molecule has 2 atom stereocenters. The number of halogens is 1. The molecule has 0 aliphatic rings. The molecule has 0 saturated carbocycles. The summed E-state index contributed by atoms with van der Waals surface area (Å²) in [6, 6.07) is 13.1. The van der Waals surface area contributed by atoms with Crippen LogP contribution in [0.2, 0.25) is 5.02 Å². The summed E-state index contributed by atoms with van der Waals surface area (Å²) in [5, 5.41) is 15.8. The molecule has 2 rings (SSSR count). The maximum absolute atomic E-state index is 11.8. The van der Waals surface area contributed by atoms with Crippen molar-refractivity contribution in [3.05, 3.63) is 64.2 Å². The number of nitrogens with one attached hydrogen (secondary N) is 2. The maximum atomic E-state index is 11.8. The lowest BCUT2D eigenvalue weighted by Gasteiger charge is -2.22. The Hall–Kier alpha value is -2.12. The smallest absolute Gasteiger partial charge is 0.251 e. The largest absolute Gasteiger partial charge is 0.496 e. The van der Waals surface area contributed by atoms with Gasteiger partial charge in [-0.3, -0.25) is 4.79 Å². The van der Waals surface area contributed by atoms with Crippen LogP contribution in [0, 0.1) is 0 Å². The number of hydrogen-bond donors (Lipinski definition) is 3. The summed E-state index contributed by atoms with van der Waals surface area (Å²) in [4.78, 5) is 11.8. The molecule has 2 aromatic carbocycles. The lowest BCUT2D eigenvalue weighted by Crippen LogP contribution is -2.33. The lowest BCUT2D eigenvalue weighted by atomic mass is 10.0. The van der Waals surface area contributed by atoms with Crippen molar-refractivity contribution in [2.75, 3.05) is 33.9 Å². The van der Waals surface area contributed by atoms with Crippen LogP contribution in [-0.4, -0.2) is 51.0 Å². The number of aliphatic hydroxyl groups excluding tert-OH is 1. The van der Waals surface area contributed by atoms with E-state index in [9.17, 15) is 4.79 Å². The topological polar surface area (TPSA) is 79.8 Å². The van der Waals surface area contributed by atoms with E-state index in [2.05, 4.69) is 17.6 Å². The molecule has 0 spiro atoms. The van der Waals surface area contributed by atoms with E-state index in [1.54, 1.807) is 26.3 Å². The van der Waals surface area contributed by atoms with Crippen LogP contribution in [0.4, 0.5) is 0 Å². The van der Waals surface area contributed by atoms with Gasteiger partial charge in [-0.1, -0.05) is 29.8 Å². The number of ether oxygens (including phenoxy) is 2. The van der Waals surface area contributed by atoms with Crippen molar-refractivity contribution in [1.82, 2.24) is 10.6 Å². The van der Waals surface area contributed by atoms with Gasteiger partial charge < -0.3 is 25.2 Å². The lowest BCUT2D eigenvalue weighted by molar-refractivity contribution is 0.0268. The van der Waals surface area contributed by atoms with Crippen LogP contribution in [0.15, 0.2) is 42.5 Å². The molecule has 1 amide bonds. The molecule has 7 heteroatoms. The minimum absolute atomic E-state index is 0.0402. The normalized spacial score (nSPS) is 13.0. The summed E-state index contributed by atoms with van der Waals surface area (Å²) in [5.41, 5.74) is 2.53. The summed E-state index contributed by atoms with van der Waals surface area (Å²) in [6.07, 6.45) is 0.500. The van der Waals surface area contributed by atoms with E-state index in [1.165, 1.54) is 0 Å². The second-order valence-electron chi connectivity index (χ2n) is 6.76. The summed E-state index contributed by atoms with van der Waals surface area (Å²) in [7, 11) is 3.20. The Balaban J connectivity index is 2.03. The highest BCUT2D eigenvalue weighted by molar-refractivity contribution is 6.30. The van der Waals surface area contributed by atoms with E-state index in [-0.39, 0.29) is 31.3 Å². The minimum atomic E-state index is -0.221. The van der Waals surface area contributed by atoms with Crippen LogP contribution in [-0.2, 0) is 11.2 Å². The van der Waals surface area contributed by atoms with Crippen molar-refractivity contribution < 1.29 is 19.4 Å². The Morgan fingerprint density at radius 3 is 2.69 bits per heavy atom. The van der Waals surface area contributed by atoms with Gasteiger partial charge in [0.15, 0.2) is 0 Å². The number of carbonyl (C=O) groups excluding carboxylic acids is 1. The zero-order chi connectivity index (χ0) is 21.2. The molecule has 0 radical (unpaired) electrons. The molecule has 2 aromatic rings. The van der Waals surface area contributed by atoms with Crippen molar-refractivity contribution in [2.45, 2.75) is 25.5 Å². The third-order valence-electron chi connectivity index (χ3n) is 4.58. The van der Waals surface area contributed by atoms with Gasteiger partial charge in [-0.2, -0.15) is 0 Å². The van der Waals surface area contributed by atoms with Crippen LogP contribution in [0.1, 0.15) is 34.5 Å². The molecule has 0 saturated heterocycles. The Morgan fingerprint density at radius 1 is 1.24 bits per heavy atom. The molecule has 0 heterocycles. The van der Waals surface area contributed by atoms with Crippen molar-refractivity contribution in [3.63, 3.8) is 0 Å². The predicted octanol–water partition coefficient (Wildman–Crippen LogP) is 2.98. The van der Waals surface area contributed by atoms with Gasteiger partial charge in [0.1, 0.15) is 5.75 Å². The van der Waals surface area contributed by atoms with Gasteiger partial charge in [0.05, 0.1) is 26.4 Å². The third kappa shape index (κ3) is 7.01. The van der Waals surface area contributed by atoms with Gasteiger partial charge in [0.25, 0.3) is 5.91 Å². The molecule has 0 aliphatic carbocycles. The monoisotopic (exact) mass is 420 g/mol. The molecule has 0 aromatic heterocycles. The number of aliphatic hydroxyl groups is 1. The maximum Gasteiger partial charge on any atom is 0.251 e. The Kier molecular flexibility index (Phi) is 9.41. The average molecular weight is 421 g/mol. The van der Waals surface area contributed by atoms with Crippen LogP contribution in [0.25, 0.3) is 0 Å².